The number of carbonyl (C=O) groups is 1. The van der Waals surface area contributed by atoms with Gasteiger partial charge in [0.1, 0.15) is 0 Å². The molecule has 2 aromatic carbocycles. The van der Waals surface area contributed by atoms with Crippen LogP contribution in [-0.4, -0.2) is 16.5 Å². The van der Waals surface area contributed by atoms with E-state index in [1.807, 2.05) is 6.07 Å². The molecule has 1 amide bonds. The number of carbonyl (C=O) groups excluding carboxylic acids is 1. The highest BCUT2D eigenvalue weighted by atomic mass is 16.6. The summed E-state index contributed by atoms with van der Waals surface area (Å²) in [5.74, 6) is -0.540. The molecule has 0 aliphatic heterocycles. The van der Waals surface area contributed by atoms with Crippen molar-refractivity contribution in [1.82, 2.24) is 5.43 Å². The second kappa shape index (κ2) is 6.95. The Kier molecular flexibility index (Phi) is 4.79. The van der Waals surface area contributed by atoms with E-state index >= 15 is 0 Å². The third-order valence-corrected chi connectivity index (χ3v) is 3.08. The van der Waals surface area contributed by atoms with E-state index in [2.05, 4.69) is 10.5 Å². The summed E-state index contributed by atoms with van der Waals surface area (Å²) in [5, 5.41) is 23.4. The molecule has 0 aromatic heterocycles. The lowest BCUT2D eigenvalue weighted by atomic mass is 10.1. The van der Waals surface area contributed by atoms with Crippen LogP contribution in [0.25, 0.3) is 0 Å². The van der Waals surface area contributed by atoms with Gasteiger partial charge < -0.3 is 0 Å². The zero-order valence-electron chi connectivity index (χ0n) is 12.2. The van der Waals surface area contributed by atoms with Gasteiger partial charge in [-0.05, 0) is 30.7 Å². The molecule has 2 rings (SSSR count). The molecule has 0 atom stereocenters. The summed E-state index contributed by atoms with van der Waals surface area (Å²) in [6, 6.07) is 14.1. The molecule has 0 spiro atoms. The molecule has 7 nitrogen and oxygen atoms in total. The summed E-state index contributed by atoms with van der Waals surface area (Å²) in [7, 11) is 0. The first-order valence-corrected chi connectivity index (χ1v) is 6.61. The third kappa shape index (κ3) is 3.98. The summed E-state index contributed by atoms with van der Waals surface area (Å²) in [6.07, 6.45) is 0. The van der Waals surface area contributed by atoms with Crippen LogP contribution >= 0.6 is 0 Å². The number of benzene rings is 2. The molecule has 2 aromatic rings. The van der Waals surface area contributed by atoms with Gasteiger partial charge in [0.25, 0.3) is 11.6 Å². The number of non-ortho nitro benzene ring substituents is 1. The van der Waals surface area contributed by atoms with Crippen molar-refractivity contribution in [3.8, 4) is 6.07 Å². The van der Waals surface area contributed by atoms with Crippen LogP contribution in [0.5, 0.6) is 0 Å². The van der Waals surface area contributed by atoms with Crippen LogP contribution in [0.1, 0.15) is 28.4 Å². The van der Waals surface area contributed by atoms with Gasteiger partial charge in [-0.25, -0.2) is 5.43 Å². The summed E-state index contributed by atoms with van der Waals surface area (Å²) in [4.78, 5) is 22.1. The summed E-state index contributed by atoms with van der Waals surface area (Å²) in [5.41, 5.74) is 4.17. The van der Waals surface area contributed by atoms with Gasteiger partial charge in [-0.15, -0.1) is 0 Å². The van der Waals surface area contributed by atoms with Crippen molar-refractivity contribution in [2.75, 3.05) is 0 Å². The maximum absolute atomic E-state index is 12.0. The van der Waals surface area contributed by atoms with Gasteiger partial charge >= 0.3 is 0 Å². The zero-order valence-corrected chi connectivity index (χ0v) is 12.2. The molecule has 114 valence electrons. The van der Waals surface area contributed by atoms with Gasteiger partial charge in [0.2, 0.25) is 0 Å². The third-order valence-electron chi connectivity index (χ3n) is 3.08. The van der Waals surface area contributed by atoms with Crippen molar-refractivity contribution in [3.05, 3.63) is 75.3 Å². The Morgan fingerprint density at radius 3 is 2.52 bits per heavy atom. The number of rotatable bonds is 4. The van der Waals surface area contributed by atoms with Crippen LogP contribution in [0.15, 0.2) is 53.6 Å². The molecule has 7 heteroatoms. The molecule has 0 saturated heterocycles. The minimum atomic E-state index is -0.567. The number of nitrogens with zero attached hydrogens (tertiary/aromatic N) is 3. The number of nitriles is 1. The van der Waals surface area contributed by atoms with Gasteiger partial charge in [0, 0.05) is 17.7 Å². The lowest BCUT2D eigenvalue weighted by Gasteiger charge is -2.03. The SMILES string of the molecule is CC(=NNC(=O)c1cccc([N+](=O)[O-])c1)c1ccc(C#N)cc1. The van der Waals surface area contributed by atoms with Crippen molar-refractivity contribution >= 4 is 17.3 Å². The van der Waals surface area contributed by atoms with Crippen molar-refractivity contribution in [2.45, 2.75) is 6.92 Å². The van der Waals surface area contributed by atoms with Crippen molar-refractivity contribution in [2.24, 2.45) is 5.10 Å². The monoisotopic (exact) mass is 308 g/mol. The minimum absolute atomic E-state index is 0.149. The van der Waals surface area contributed by atoms with E-state index in [1.165, 1.54) is 24.3 Å². The highest BCUT2D eigenvalue weighted by Gasteiger charge is 2.11. The molecular weight excluding hydrogens is 296 g/mol. The van der Waals surface area contributed by atoms with Gasteiger partial charge in [0.15, 0.2) is 0 Å². The molecule has 0 aliphatic carbocycles. The van der Waals surface area contributed by atoms with Gasteiger partial charge in [-0.3, -0.25) is 14.9 Å². The Morgan fingerprint density at radius 1 is 1.22 bits per heavy atom. The standard InChI is InChI=1S/C16H12N4O3/c1-11(13-7-5-12(10-17)6-8-13)18-19-16(21)14-3-2-4-15(9-14)20(22)23/h2-9H,1H3,(H,19,21). The molecule has 0 radical (unpaired) electrons. The Bertz CT molecular complexity index is 820. The van der Waals surface area contributed by atoms with E-state index in [0.29, 0.717) is 11.3 Å². The summed E-state index contributed by atoms with van der Waals surface area (Å²) < 4.78 is 0. The number of hydrazone groups is 1. The van der Waals surface area contributed by atoms with Crippen LogP contribution in [0, 0.1) is 21.4 Å². The fourth-order valence-electron chi connectivity index (χ4n) is 1.81. The van der Waals surface area contributed by atoms with E-state index in [9.17, 15) is 14.9 Å². The average Bonchev–Trinajstić information content (AvgIpc) is 2.59. The van der Waals surface area contributed by atoms with E-state index < -0.39 is 10.8 Å². The average molecular weight is 308 g/mol. The molecule has 1 N–H and O–H groups in total. The maximum atomic E-state index is 12.0. The van der Waals surface area contributed by atoms with Crippen LogP contribution in [0.3, 0.4) is 0 Å². The van der Waals surface area contributed by atoms with E-state index in [4.69, 9.17) is 5.26 Å². The van der Waals surface area contributed by atoms with E-state index in [0.717, 1.165) is 5.56 Å². The number of nitrogens with one attached hydrogen (secondary N) is 1. The van der Waals surface area contributed by atoms with Crippen molar-refractivity contribution in [3.63, 3.8) is 0 Å². The van der Waals surface area contributed by atoms with Gasteiger partial charge in [0.05, 0.1) is 22.3 Å². The topological polar surface area (TPSA) is 108 Å². The molecule has 0 unspecified atom stereocenters. The molecule has 0 saturated carbocycles. The second-order valence-corrected chi connectivity index (χ2v) is 4.63. The molecule has 0 bridgehead atoms. The summed E-state index contributed by atoms with van der Waals surface area (Å²) in [6.45, 7) is 1.70. The minimum Gasteiger partial charge on any atom is -0.267 e. The predicted molar refractivity (Wildman–Crippen MR) is 83.9 cm³/mol. The molecule has 0 fully saturated rings. The first-order valence-electron chi connectivity index (χ1n) is 6.61. The van der Waals surface area contributed by atoms with Crippen LogP contribution in [-0.2, 0) is 0 Å². The quantitative estimate of drug-likeness (QED) is 0.532. The zero-order chi connectivity index (χ0) is 16.8. The first-order chi connectivity index (χ1) is 11.0. The van der Waals surface area contributed by atoms with Gasteiger partial charge in [-0.1, -0.05) is 18.2 Å². The number of hydrogen-bond donors (Lipinski definition) is 1. The number of hydrogen-bond acceptors (Lipinski definition) is 5. The predicted octanol–water partition coefficient (Wildman–Crippen LogP) is 2.62. The summed E-state index contributed by atoms with van der Waals surface area (Å²) >= 11 is 0. The first kappa shape index (κ1) is 15.9. The highest BCUT2D eigenvalue weighted by Crippen LogP contribution is 2.13. The molecular formula is C16H12N4O3. The fourth-order valence-corrected chi connectivity index (χ4v) is 1.81. The lowest BCUT2D eigenvalue weighted by Crippen LogP contribution is -2.19. The Balaban J connectivity index is 2.12. The van der Waals surface area contributed by atoms with Crippen LogP contribution in [0.4, 0.5) is 5.69 Å². The second-order valence-electron chi connectivity index (χ2n) is 4.63. The number of amides is 1. The highest BCUT2D eigenvalue weighted by molar-refractivity contribution is 6.01. The van der Waals surface area contributed by atoms with E-state index in [1.54, 1.807) is 31.2 Å². The number of nitro benzene ring substituents is 1. The van der Waals surface area contributed by atoms with E-state index in [-0.39, 0.29) is 11.3 Å². The fraction of sp³-hybridized carbons (Fsp3) is 0.0625. The normalized spacial score (nSPS) is 10.7. The molecule has 0 heterocycles. The maximum Gasteiger partial charge on any atom is 0.271 e. The Morgan fingerprint density at radius 2 is 1.91 bits per heavy atom. The lowest BCUT2D eigenvalue weighted by molar-refractivity contribution is -0.384. The Labute approximate surface area is 132 Å². The largest absolute Gasteiger partial charge is 0.271 e. The number of nitro groups is 1. The Hall–Kier alpha value is -3.53. The van der Waals surface area contributed by atoms with Crippen LogP contribution in [0.2, 0.25) is 0 Å². The van der Waals surface area contributed by atoms with Crippen molar-refractivity contribution in [1.29, 1.82) is 5.26 Å². The molecule has 0 aliphatic rings. The molecule has 23 heavy (non-hydrogen) atoms. The smallest absolute Gasteiger partial charge is 0.267 e. The van der Waals surface area contributed by atoms with Crippen molar-refractivity contribution < 1.29 is 9.72 Å². The van der Waals surface area contributed by atoms with Gasteiger partial charge in [-0.2, -0.15) is 10.4 Å². The van der Waals surface area contributed by atoms with Crippen LogP contribution < -0.4 is 5.43 Å².